The van der Waals surface area contributed by atoms with Gasteiger partial charge in [-0.1, -0.05) is 13.8 Å². The molecule has 1 atom stereocenters. The van der Waals surface area contributed by atoms with E-state index in [1.54, 1.807) is 0 Å². The number of rotatable bonds is 6. The smallest absolute Gasteiger partial charge is 0.0674 e. The van der Waals surface area contributed by atoms with E-state index in [9.17, 15) is 0 Å². The quantitative estimate of drug-likeness (QED) is 0.868. The Morgan fingerprint density at radius 2 is 2.21 bits per heavy atom. The SMILES string of the molecule is CC(C)CNCc1ccc(CN2CCOC(C)C2)s1. The van der Waals surface area contributed by atoms with Crippen LogP contribution in [0.25, 0.3) is 0 Å². The Morgan fingerprint density at radius 1 is 1.42 bits per heavy atom. The number of nitrogens with one attached hydrogen (secondary N) is 1. The molecule has 1 aliphatic rings. The minimum absolute atomic E-state index is 0.376. The molecule has 0 bridgehead atoms. The number of hydrogen-bond donors (Lipinski definition) is 1. The van der Waals surface area contributed by atoms with Crippen LogP contribution in [0.3, 0.4) is 0 Å². The second kappa shape index (κ2) is 7.39. The molecule has 1 fully saturated rings. The first kappa shape index (κ1) is 15.0. The van der Waals surface area contributed by atoms with E-state index in [4.69, 9.17) is 4.74 Å². The van der Waals surface area contributed by atoms with Crippen LogP contribution in [0, 0.1) is 5.92 Å². The summed E-state index contributed by atoms with van der Waals surface area (Å²) in [5, 5.41) is 3.50. The van der Waals surface area contributed by atoms with Crippen LogP contribution in [-0.2, 0) is 17.8 Å². The van der Waals surface area contributed by atoms with Gasteiger partial charge in [-0.15, -0.1) is 11.3 Å². The number of ether oxygens (including phenoxy) is 1. The molecule has 1 saturated heterocycles. The fraction of sp³-hybridized carbons (Fsp3) is 0.733. The molecular weight excluding hydrogens is 256 g/mol. The number of thiophene rings is 1. The maximum absolute atomic E-state index is 5.58. The second-order valence-electron chi connectivity index (χ2n) is 5.81. The van der Waals surface area contributed by atoms with Gasteiger partial charge >= 0.3 is 0 Å². The average Bonchev–Trinajstić information content (AvgIpc) is 2.76. The standard InChI is InChI=1S/C15H26N2OS/c1-12(2)8-16-9-14-4-5-15(19-14)11-17-6-7-18-13(3)10-17/h4-5,12-13,16H,6-11H2,1-3H3. The average molecular weight is 282 g/mol. The van der Waals surface area contributed by atoms with Gasteiger partial charge in [0.2, 0.25) is 0 Å². The van der Waals surface area contributed by atoms with Crippen molar-refractivity contribution < 1.29 is 4.74 Å². The molecule has 19 heavy (non-hydrogen) atoms. The van der Waals surface area contributed by atoms with Crippen LogP contribution in [-0.4, -0.2) is 37.2 Å². The van der Waals surface area contributed by atoms with Gasteiger partial charge < -0.3 is 10.1 Å². The number of nitrogens with zero attached hydrogens (tertiary/aromatic N) is 1. The minimum Gasteiger partial charge on any atom is -0.376 e. The fourth-order valence-corrected chi connectivity index (χ4v) is 3.37. The lowest BCUT2D eigenvalue weighted by atomic mass is 10.2. The summed E-state index contributed by atoms with van der Waals surface area (Å²) in [6, 6.07) is 4.54. The summed E-state index contributed by atoms with van der Waals surface area (Å²) in [5.74, 6) is 0.717. The maximum Gasteiger partial charge on any atom is 0.0674 e. The van der Waals surface area contributed by atoms with Crippen molar-refractivity contribution in [3.8, 4) is 0 Å². The summed E-state index contributed by atoms with van der Waals surface area (Å²) in [5.41, 5.74) is 0. The molecule has 3 nitrogen and oxygen atoms in total. The van der Waals surface area contributed by atoms with Crippen molar-refractivity contribution in [2.45, 2.75) is 40.0 Å². The van der Waals surface area contributed by atoms with Gasteiger partial charge in [-0.3, -0.25) is 4.90 Å². The van der Waals surface area contributed by atoms with Crippen LogP contribution in [0.2, 0.25) is 0 Å². The van der Waals surface area contributed by atoms with Gasteiger partial charge in [-0.2, -0.15) is 0 Å². The molecule has 0 spiro atoms. The molecule has 1 unspecified atom stereocenters. The second-order valence-corrected chi connectivity index (χ2v) is 7.06. The summed E-state index contributed by atoms with van der Waals surface area (Å²) in [7, 11) is 0. The van der Waals surface area contributed by atoms with Gasteiger partial charge in [0, 0.05) is 35.9 Å². The van der Waals surface area contributed by atoms with E-state index in [0.29, 0.717) is 12.0 Å². The van der Waals surface area contributed by atoms with Gasteiger partial charge in [0.15, 0.2) is 0 Å². The highest BCUT2D eigenvalue weighted by Crippen LogP contribution is 2.19. The van der Waals surface area contributed by atoms with Crippen molar-refractivity contribution in [3.05, 3.63) is 21.9 Å². The van der Waals surface area contributed by atoms with Gasteiger partial charge in [0.05, 0.1) is 12.7 Å². The van der Waals surface area contributed by atoms with Gasteiger partial charge in [0.1, 0.15) is 0 Å². The Hall–Kier alpha value is -0.420. The molecule has 0 saturated carbocycles. The third kappa shape index (κ3) is 5.22. The Bertz CT molecular complexity index is 378. The highest BCUT2D eigenvalue weighted by molar-refractivity contribution is 7.11. The highest BCUT2D eigenvalue weighted by atomic mass is 32.1. The first-order valence-corrected chi connectivity index (χ1v) is 8.07. The molecule has 0 aliphatic carbocycles. The number of morpholine rings is 1. The van der Waals surface area contributed by atoms with E-state index in [1.807, 2.05) is 11.3 Å². The van der Waals surface area contributed by atoms with E-state index >= 15 is 0 Å². The zero-order valence-corrected chi connectivity index (χ0v) is 13.1. The monoisotopic (exact) mass is 282 g/mol. The molecule has 2 heterocycles. The zero-order chi connectivity index (χ0) is 13.7. The van der Waals surface area contributed by atoms with E-state index in [-0.39, 0.29) is 0 Å². The predicted molar refractivity (Wildman–Crippen MR) is 81.6 cm³/mol. The molecule has 1 aliphatic heterocycles. The van der Waals surface area contributed by atoms with Gasteiger partial charge in [-0.05, 0) is 31.5 Å². The van der Waals surface area contributed by atoms with Gasteiger partial charge in [0.25, 0.3) is 0 Å². The summed E-state index contributed by atoms with van der Waals surface area (Å²) >= 11 is 1.93. The van der Waals surface area contributed by atoms with E-state index in [2.05, 4.69) is 43.1 Å². The molecule has 108 valence electrons. The Kier molecular flexibility index (Phi) is 5.82. The van der Waals surface area contributed by atoms with Crippen LogP contribution in [0.1, 0.15) is 30.5 Å². The molecule has 2 rings (SSSR count). The van der Waals surface area contributed by atoms with Crippen LogP contribution in [0.15, 0.2) is 12.1 Å². The first-order chi connectivity index (χ1) is 9.13. The summed E-state index contributed by atoms with van der Waals surface area (Å²) in [6.45, 7) is 12.8. The van der Waals surface area contributed by atoms with Crippen molar-refractivity contribution in [1.82, 2.24) is 10.2 Å². The first-order valence-electron chi connectivity index (χ1n) is 7.25. The number of hydrogen-bond acceptors (Lipinski definition) is 4. The van der Waals surface area contributed by atoms with Crippen molar-refractivity contribution >= 4 is 11.3 Å². The maximum atomic E-state index is 5.58. The molecule has 1 aromatic rings. The molecule has 0 radical (unpaired) electrons. The lowest BCUT2D eigenvalue weighted by Gasteiger charge is -2.30. The molecule has 0 amide bonds. The molecule has 0 aromatic carbocycles. The largest absolute Gasteiger partial charge is 0.376 e. The normalized spacial score (nSPS) is 21.2. The van der Waals surface area contributed by atoms with Gasteiger partial charge in [-0.25, -0.2) is 0 Å². The Morgan fingerprint density at radius 3 is 2.95 bits per heavy atom. The van der Waals surface area contributed by atoms with Crippen LogP contribution >= 0.6 is 11.3 Å². The summed E-state index contributed by atoms with van der Waals surface area (Å²) in [6.07, 6.45) is 0.376. The van der Waals surface area contributed by atoms with E-state index in [1.165, 1.54) is 9.75 Å². The molecule has 1 N–H and O–H groups in total. The van der Waals surface area contributed by atoms with E-state index < -0.39 is 0 Å². The van der Waals surface area contributed by atoms with Crippen molar-refractivity contribution in [2.24, 2.45) is 5.92 Å². The van der Waals surface area contributed by atoms with Crippen LogP contribution < -0.4 is 5.32 Å². The summed E-state index contributed by atoms with van der Waals surface area (Å²) < 4.78 is 5.58. The van der Waals surface area contributed by atoms with Crippen molar-refractivity contribution in [2.75, 3.05) is 26.2 Å². The van der Waals surface area contributed by atoms with Crippen molar-refractivity contribution in [1.29, 1.82) is 0 Å². The van der Waals surface area contributed by atoms with Crippen molar-refractivity contribution in [3.63, 3.8) is 0 Å². The zero-order valence-electron chi connectivity index (χ0n) is 12.3. The Labute approximate surface area is 121 Å². The lowest BCUT2D eigenvalue weighted by Crippen LogP contribution is -2.40. The van der Waals surface area contributed by atoms with E-state index in [0.717, 1.165) is 39.3 Å². The fourth-order valence-electron chi connectivity index (χ4n) is 2.34. The summed E-state index contributed by atoms with van der Waals surface area (Å²) in [4.78, 5) is 5.40. The molecule has 4 heteroatoms. The lowest BCUT2D eigenvalue weighted by molar-refractivity contribution is -0.0208. The Balaban J connectivity index is 1.77. The third-order valence-electron chi connectivity index (χ3n) is 3.27. The molecule has 1 aromatic heterocycles. The predicted octanol–water partition coefficient (Wildman–Crippen LogP) is 2.71. The topological polar surface area (TPSA) is 24.5 Å². The van der Waals surface area contributed by atoms with Crippen LogP contribution in [0.4, 0.5) is 0 Å². The molecular formula is C15H26N2OS. The van der Waals surface area contributed by atoms with Crippen LogP contribution in [0.5, 0.6) is 0 Å². The highest BCUT2D eigenvalue weighted by Gasteiger charge is 2.17. The minimum atomic E-state index is 0.376. The third-order valence-corrected chi connectivity index (χ3v) is 4.34.